The summed E-state index contributed by atoms with van der Waals surface area (Å²) in [5.74, 6) is 1.44. The molecule has 0 saturated heterocycles. The third-order valence-corrected chi connectivity index (χ3v) is 8.05. The first-order valence-electron chi connectivity index (χ1n) is 15.3. The van der Waals surface area contributed by atoms with E-state index in [2.05, 4.69) is 4.98 Å². The first kappa shape index (κ1) is 33.0. The number of rotatable bonds is 16. The molecule has 4 aromatic carbocycles. The van der Waals surface area contributed by atoms with Gasteiger partial charge in [0, 0.05) is 32.4 Å². The summed E-state index contributed by atoms with van der Waals surface area (Å²) in [7, 11) is 0. The van der Waals surface area contributed by atoms with Crippen LogP contribution in [-0.4, -0.2) is 45.2 Å². The minimum atomic E-state index is -1.03. The van der Waals surface area contributed by atoms with E-state index in [4.69, 9.17) is 14.2 Å². The van der Waals surface area contributed by atoms with Crippen molar-refractivity contribution in [2.24, 2.45) is 0 Å². The molecule has 47 heavy (non-hydrogen) atoms. The molecule has 1 heterocycles. The van der Waals surface area contributed by atoms with Gasteiger partial charge < -0.3 is 29.1 Å². The smallest absolute Gasteiger partial charge is 0.410 e. The van der Waals surface area contributed by atoms with E-state index in [1.54, 1.807) is 16.6 Å². The fourth-order valence-electron chi connectivity index (χ4n) is 4.77. The summed E-state index contributed by atoms with van der Waals surface area (Å²) in [4.78, 5) is 33.1. The molecular formula is C37H37N3O6S. The summed E-state index contributed by atoms with van der Waals surface area (Å²) in [5.41, 5.74) is 5.58. The van der Waals surface area contributed by atoms with Crippen molar-refractivity contribution in [2.75, 3.05) is 13.1 Å². The number of amides is 2. The first-order chi connectivity index (χ1) is 23.0. The second-order valence-corrected chi connectivity index (χ2v) is 11.8. The molecule has 0 bridgehead atoms. The lowest BCUT2D eigenvalue weighted by Gasteiger charge is -2.25. The van der Waals surface area contributed by atoms with Crippen LogP contribution in [0.5, 0.6) is 11.5 Å². The molecule has 0 atom stereocenters. The third-order valence-electron chi connectivity index (χ3n) is 7.30. The van der Waals surface area contributed by atoms with Gasteiger partial charge in [-0.05, 0) is 52.9 Å². The van der Waals surface area contributed by atoms with Crippen LogP contribution in [0.1, 0.15) is 33.6 Å². The molecule has 1 N–H and O–H groups in total. The molecule has 0 aliphatic carbocycles. The van der Waals surface area contributed by atoms with Crippen molar-refractivity contribution in [3.8, 4) is 11.5 Å². The van der Waals surface area contributed by atoms with Crippen molar-refractivity contribution in [2.45, 2.75) is 39.3 Å². The molecule has 5 rings (SSSR count). The largest absolute Gasteiger partial charge is 0.489 e. The van der Waals surface area contributed by atoms with Gasteiger partial charge in [0.25, 0.3) is 0 Å². The Morgan fingerprint density at radius 1 is 0.638 bits per heavy atom. The highest BCUT2D eigenvalue weighted by atomic mass is 32.1. The minimum Gasteiger partial charge on any atom is -0.489 e. The molecule has 0 radical (unpaired) electrons. The molecule has 0 aliphatic heterocycles. The van der Waals surface area contributed by atoms with E-state index in [-0.39, 0.29) is 19.7 Å². The molecule has 0 saturated carbocycles. The van der Waals surface area contributed by atoms with E-state index in [0.29, 0.717) is 38.5 Å². The molecular weight excluding hydrogens is 614 g/mol. The topological polar surface area (TPSA) is 101 Å². The zero-order valence-corrected chi connectivity index (χ0v) is 26.8. The van der Waals surface area contributed by atoms with Crippen molar-refractivity contribution in [1.29, 1.82) is 0 Å². The van der Waals surface area contributed by atoms with E-state index < -0.39 is 12.2 Å². The van der Waals surface area contributed by atoms with Gasteiger partial charge in [-0.1, -0.05) is 84.9 Å². The minimum absolute atomic E-state index is 0.124. The molecule has 242 valence electrons. The van der Waals surface area contributed by atoms with Gasteiger partial charge in [-0.2, -0.15) is 0 Å². The molecule has 0 unspecified atom stereocenters. The number of carbonyl (C=O) groups is 2. The Kier molecular flexibility index (Phi) is 12.2. The van der Waals surface area contributed by atoms with Crippen LogP contribution in [0.2, 0.25) is 0 Å². The number of carbonyl (C=O) groups excluding carboxylic acids is 1. The third kappa shape index (κ3) is 10.9. The van der Waals surface area contributed by atoms with E-state index in [1.807, 2.05) is 109 Å². The maximum atomic E-state index is 13.2. The molecule has 1 aromatic heterocycles. The van der Waals surface area contributed by atoms with Crippen molar-refractivity contribution in [1.82, 2.24) is 14.8 Å². The highest BCUT2D eigenvalue weighted by Crippen LogP contribution is 2.19. The number of ether oxygens (including phenoxy) is 3. The van der Waals surface area contributed by atoms with Gasteiger partial charge in [0.05, 0.1) is 10.4 Å². The van der Waals surface area contributed by atoms with Gasteiger partial charge in [0.2, 0.25) is 0 Å². The van der Waals surface area contributed by atoms with Crippen LogP contribution in [0.25, 0.3) is 0 Å². The lowest BCUT2D eigenvalue weighted by Crippen LogP contribution is -2.35. The Labute approximate surface area is 278 Å². The zero-order valence-electron chi connectivity index (χ0n) is 25.9. The van der Waals surface area contributed by atoms with Crippen LogP contribution < -0.4 is 9.47 Å². The Morgan fingerprint density at radius 2 is 1.15 bits per heavy atom. The maximum absolute atomic E-state index is 13.2. The van der Waals surface area contributed by atoms with E-state index in [0.717, 1.165) is 32.9 Å². The summed E-state index contributed by atoms with van der Waals surface area (Å²) < 4.78 is 17.3. The van der Waals surface area contributed by atoms with Crippen LogP contribution >= 0.6 is 11.3 Å². The van der Waals surface area contributed by atoms with Crippen molar-refractivity contribution in [3.63, 3.8) is 0 Å². The van der Waals surface area contributed by atoms with Crippen molar-refractivity contribution < 1.29 is 28.9 Å². The summed E-state index contributed by atoms with van der Waals surface area (Å²) >= 11 is 1.41. The summed E-state index contributed by atoms with van der Waals surface area (Å²) in [6, 6.07) is 34.8. The van der Waals surface area contributed by atoms with Gasteiger partial charge in [-0.25, -0.2) is 9.59 Å². The second-order valence-electron chi connectivity index (χ2n) is 10.8. The number of hydrogen-bond acceptors (Lipinski definition) is 7. The standard InChI is InChI=1S/C37H37N3O6S/c41-36(42)39(23-29-12-16-33(17-13-29)44-25-31-8-3-1-4-9-31)20-7-21-40(37(43)46-27-35-22-38-28-47-35)24-30-14-18-34(19-15-30)45-26-32-10-5-2-6-11-32/h1-6,8-19,22,28H,7,20-21,23-27H2,(H,41,42). The van der Waals surface area contributed by atoms with Crippen LogP contribution in [0, 0.1) is 0 Å². The quantitative estimate of drug-likeness (QED) is 0.115. The Hall–Kier alpha value is -5.35. The fourth-order valence-corrected chi connectivity index (χ4v) is 5.28. The fraction of sp³-hybridized carbons (Fsp3) is 0.216. The molecule has 2 amide bonds. The van der Waals surface area contributed by atoms with Crippen LogP contribution in [-0.2, 0) is 37.6 Å². The molecule has 0 fully saturated rings. The van der Waals surface area contributed by atoms with Crippen LogP contribution in [0.15, 0.2) is 121 Å². The van der Waals surface area contributed by atoms with Crippen molar-refractivity contribution in [3.05, 3.63) is 148 Å². The Bertz CT molecular complexity index is 1650. The zero-order chi connectivity index (χ0) is 32.7. The predicted molar refractivity (Wildman–Crippen MR) is 180 cm³/mol. The summed E-state index contributed by atoms with van der Waals surface area (Å²) in [6.07, 6.45) is 0.595. The number of carboxylic acid groups (broad SMARTS) is 1. The van der Waals surface area contributed by atoms with Gasteiger partial charge in [-0.15, -0.1) is 11.3 Å². The number of aromatic nitrogens is 1. The summed E-state index contributed by atoms with van der Waals surface area (Å²) in [6.45, 7) is 2.11. The van der Waals surface area contributed by atoms with E-state index >= 15 is 0 Å². The number of benzene rings is 4. The molecule has 5 aromatic rings. The van der Waals surface area contributed by atoms with E-state index in [1.165, 1.54) is 16.2 Å². The maximum Gasteiger partial charge on any atom is 0.410 e. The first-order valence-corrected chi connectivity index (χ1v) is 16.2. The predicted octanol–water partition coefficient (Wildman–Crippen LogP) is 8.01. The van der Waals surface area contributed by atoms with Gasteiger partial charge in [0.15, 0.2) is 0 Å². The van der Waals surface area contributed by atoms with Gasteiger partial charge >= 0.3 is 12.2 Å². The number of nitrogens with zero attached hydrogens (tertiary/aromatic N) is 3. The lowest BCUT2D eigenvalue weighted by molar-refractivity contribution is 0.0919. The average molecular weight is 652 g/mol. The normalized spacial score (nSPS) is 10.6. The SMILES string of the molecule is O=C(O)N(CCCN(Cc1ccc(OCc2ccccc2)cc1)C(=O)OCc1cncs1)Cc1ccc(OCc2ccccc2)cc1. The molecule has 10 heteroatoms. The molecule has 0 spiro atoms. The van der Waals surface area contributed by atoms with E-state index in [9.17, 15) is 14.7 Å². The van der Waals surface area contributed by atoms with Crippen LogP contribution in [0.3, 0.4) is 0 Å². The number of hydrogen-bond donors (Lipinski definition) is 1. The second kappa shape index (κ2) is 17.4. The Morgan fingerprint density at radius 3 is 1.64 bits per heavy atom. The van der Waals surface area contributed by atoms with Crippen LogP contribution in [0.4, 0.5) is 9.59 Å². The highest BCUT2D eigenvalue weighted by molar-refractivity contribution is 7.09. The average Bonchev–Trinajstić information content (AvgIpc) is 3.64. The lowest BCUT2D eigenvalue weighted by atomic mass is 10.2. The van der Waals surface area contributed by atoms with Gasteiger partial charge in [0.1, 0.15) is 31.3 Å². The molecule has 9 nitrogen and oxygen atoms in total. The Balaban J connectivity index is 1.15. The summed E-state index contributed by atoms with van der Waals surface area (Å²) in [5, 5.41) is 9.92. The monoisotopic (exact) mass is 651 g/mol. The van der Waals surface area contributed by atoms with Crippen molar-refractivity contribution >= 4 is 23.5 Å². The molecule has 0 aliphatic rings. The van der Waals surface area contributed by atoms with Gasteiger partial charge in [-0.3, -0.25) is 4.98 Å². The number of thiazole rings is 1. The highest BCUT2D eigenvalue weighted by Gasteiger charge is 2.19.